The topological polar surface area (TPSA) is 83.8 Å². The van der Waals surface area contributed by atoms with Crippen LogP contribution in [0.25, 0.3) is 0 Å². The van der Waals surface area contributed by atoms with Crippen molar-refractivity contribution in [3.8, 4) is 0 Å². The lowest BCUT2D eigenvalue weighted by Gasteiger charge is -2.20. The van der Waals surface area contributed by atoms with Gasteiger partial charge >= 0.3 is 5.97 Å². The first-order valence-corrected chi connectivity index (χ1v) is 17.2. The minimum absolute atomic E-state index is 0.257. The number of rotatable bonds is 31. The van der Waals surface area contributed by atoms with E-state index in [9.17, 15) is 19.8 Å². The van der Waals surface area contributed by atoms with E-state index in [4.69, 9.17) is 4.74 Å². The Bertz CT molecular complexity index is 588. The van der Waals surface area contributed by atoms with Crippen LogP contribution in [0.1, 0.15) is 181 Å². The summed E-state index contributed by atoms with van der Waals surface area (Å²) in [5.74, 6) is -0.737. The molecule has 2 N–H and O–H groups in total. The summed E-state index contributed by atoms with van der Waals surface area (Å²) in [6.45, 7) is 3.90. The number of aliphatic hydroxyl groups is 2. The molecule has 2 atom stereocenters. The van der Waals surface area contributed by atoms with Gasteiger partial charge in [-0.3, -0.25) is 9.59 Å². The zero-order valence-electron chi connectivity index (χ0n) is 26.5. The van der Waals surface area contributed by atoms with Gasteiger partial charge in [0.2, 0.25) is 0 Å². The zero-order valence-corrected chi connectivity index (χ0v) is 26.5. The van der Waals surface area contributed by atoms with Crippen molar-refractivity contribution in [3.63, 3.8) is 0 Å². The molecule has 0 aliphatic rings. The second-order valence-corrected chi connectivity index (χ2v) is 11.7. The van der Waals surface area contributed by atoms with Crippen LogP contribution < -0.4 is 0 Å². The number of unbranched alkanes of at least 4 members (excludes halogenated alkanes) is 21. The highest BCUT2D eigenvalue weighted by molar-refractivity contribution is 5.86. The number of carbonyl (C=O) groups excluding carboxylic acids is 2. The van der Waals surface area contributed by atoms with E-state index in [-0.39, 0.29) is 18.6 Å². The van der Waals surface area contributed by atoms with Gasteiger partial charge in [0.05, 0.1) is 6.61 Å². The van der Waals surface area contributed by atoms with Crippen molar-refractivity contribution in [1.82, 2.24) is 0 Å². The summed E-state index contributed by atoms with van der Waals surface area (Å²) in [6, 6.07) is 0. The number of hydrogen-bond donors (Lipinski definition) is 2. The number of ketones is 1. The second kappa shape index (κ2) is 30.8. The van der Waals surface area contributed by atoms with Crippen LogP contribution in [0.15, 0.2) is 12.2 Å². The average Bonchev–Trinajstić information content (AvgIpc) is 2.96. The smallest absolute Gasteiger partial charge is 0.306 e. The summed E-state index contributed by atoms with van der Waals surface area (Å²) in [6.07, 6.45) is 31.2. The molecular formula is C35H66O5. The van der Waals surface area contributed by atoms with Gasteiger partial charge in [0.15, 0.2) is 11.9 Å². The summed E-state index contributed by atoms with van der Waals surface area (Å²) < 4.78 is 5.33. The summed E-state index contributed by atoms with van der Waals surface area (Å²) >= 11 is 0. The quantitative estimate of drug-likeness (QED) is 0.0496. The lowest BCUT2D eigenvalue weighted by Crippen LogP contribution is -2.40. The molecule has 0 fully saturated rings. The molecule has 0 aromatic carbocycles. The van der Waals surface area contributed by atoms with E-state index in [1.54, 1.807) is 0 Å². The van der Waals surface area contributed by atoms with Gasteiger partial charge in [-0.25, -0.2) is 0 Å². The first kappa shape index (κ1) is 38.8. The highest BCUT2D eigenvalue weighted by atomic mass is 16.6. The molecule has 0 saturated carbocycles. The highest BCUT2D eigenvalue weighted by Crippen LogP contribution is 2.15. The van der Waals surface area contributed by atoms with E-state index in [1.165, 1.54) is 103 Å². The Morgan fingerprint density at radius 1 is 0.575 bits per heavy atom. The Balaban J connectivity index is 3.85. The number of carbonyl (C=O) groups is 2. The van der Waals surface area contributed by atoms with Crippen molar-refractivity contribution in [2.45, 2.75) is 193 Å². The maximum absolute atomic E-state index is 12.6. The molecule has 5 nitrogen and oxygen atoms in total. The Kier molecular flexibility index (Phi) is 29.8. The molecule has 0 radical (unpaired) electrons. The van der Waals surface area contributed by atoms with E-state index in [0.29, 0.717) is 0 Å². The lowest BCUT2D eigenvalue weighted by molar-refractivity contribution is -0.163. The van der Waals surface area contributed by atoms with Crippen LogP contribution in [-0.2, 0) is 14.3 Å². The van der Waals surface area contributed by atoms with Gasteiger partial charge < -0.3 is 14.9 Å². The van der Waals surface area contributed by atoms with Gasteiger partial charge in [-0.1, -0.05) is 142 Å². The second-order valence-electron chi connectivity index (χ2n) is 11.7. The van der Waals surface area contributed by atoms with E-state index in [1.807, 2.05) is 0 Å². The average molecular weight is 567 g/mol. The van der Waals surface area contributed by atoms with Crippen LogP contribution in [0.3, 0.4) is 0 Å². The largest absolute Gasteiger partial charge is 0.451 e. The zero-order chi connectivity index (χ0) is 29.5. The molecule has 0 spiro atoms. The SMILES string of the molecule is CCCCCCC=CCCCCCCCC(=O)C(OC(=O)CCCCCCCCCCCCCCC)C(O)CO. The maximum atomic E-state index is 12.6. The molecule has 40 heavy (non-hydrogen) atoms. The highest BCUT2D eigenvalue weighted by Gasteiger charge is 2.29. The van der Waals surface area contributed by atoms with Crippen molar-refractivity contribution in [1.29, 1.82) is 0 Å². The fraction of sp³-hybridized carbons (Fsp3) is 0.886. The third-order valence-corrected chi connectivity index (χ3v) is 7.78. The van der Waals surface area contributed by atoms with Crippen LogP contribution in [0.5, 0.6) is 0 Å². The molecule has 0 aromatic rings. The molecule has 5 heteroatoms. The molecule has 2 unspecified atom stereocenters. The number of Topliss-reactive ketones (excluding diaryl/α,β-unsaturated/α-hetero) is 1. The van der Waals surface area contributed by atoms with Crippen molar-refractivity contribution < 1.29 is 24.5 Å². The third-order valence-electron chi connectivity index (χ3n) is 7.78. The molecule has 0 heterocycles. The Labute approximate surface area is 247 Å². The van der Waals surface area contributed by atoms with Gasteiger partial charge in [-0.15, -0.1) is 0 Å². The number of hydrogen-bond acceptors (Lipinski definition) is 5. The van der Waals surface area contributed by atoms with E-state index >= 15 is 0 Å². The predicted octanol–water partition coefficient (Wildman–Crippen LogP) is 9.56. The lowest BCUT2D eigenvalue weighted by atomic mass is 10.0. The van der Waals surface area contributed by atoms with Crippen molar-refractivity contribution in [2.24, 2.45) is 0 Å². The number of esters is 1. The Hall–Kier alpha value is -1.20. The Morgan fingerprint density at radius 2 is 0.950 bits per heavy atom. The standard InChI is InChI=1S/C35H66O5/c1-3-5-7-9-11-13-15-17-19-21-23-25-27-29-32(37)35(33(38)31-36)40-34(39)30-28-26-24-22-20-18-16-14-12-10-8-6-4-2/h13,15,33,35-36,38H,3-12,14,16-31H2,1-2H3. The third kappa shape index (κ3) is 25.7. The van der Waals surface area contributed by atoms with Crippen molar-refractivity contribution in [3.05, 3.63) is 12.2 Å². The van der Waals surface area contributed by atoms with Crippen LogP contribution in [0, 0.1) is 0 Å². The summed E-state index contributed by atoms with van der Waals surface area (Å²) in [7, 11) is 0. The van der Waals surface area contributed by atoms with Crippen LogP contribution in [0.4, 0.5) is 0 Å². The van der Waals surface area contributed by atoms with Gasteiger partial charge in [0.25, 0.3) is 0 Å². The summed E-state index contributed by atoms with van der Waals surface area (Å²) in [5.41, 5.74) is 0. The molecule has 0 amide bonds. The van der Waals surface area contributed by atoms with Crippen LogP contribution in [0.2, 0.25) is 0 Å². The first-order valence-electron chi connectivity index (χ1n) is 17.2. The monoisotopic (exact) mass is 566 g/mol. The minimum Gasteiger partial charge on any atom is -0.451 e. The number of ether oxygens (including phenoxy) is 1. The summed E-state index contributed by atoms with van der Waals surface area (Å²) in [4.78, 5) is 24.9. The van der Waals surface area contributed by atoms with Gasteiger partial charge in [-0.2, -0.15) is 0 Å². The van der Waals surface area contributed by atoms with Crippen LogP contribution in [-0.4, -0.2) is 40.8 Å². The maximum Gasteiger partial charge on any atom is 0.306 e. The van der Waals surface area contributed by atoms with Crippen LogP contribution >= 0.6 is 0 Å². The summed E-state index contributed by atoms with van der Waals surface area (Å²) in [5, 5.41) is 19.4. The molecule has 0 aliphatic carbocycles. The molecular weight excluding hydrogens is 500 g/mol. The van der Waals surface area contributed by atoms with Gasteiger partial charge in [0.1, 0.15) is 6.10 Å². The fourth-order valence-electron chi connectivity index (χ4n) is 5.10. The molecule has 0 saturated heterocycles. The number of allylic oxidation sites excluding steroid dienone is 2. The first-order chi connectivity index (χ1) is 19.6. The van der Waals surface area contributed by atoms with Crippen molar-refractivity contribution in [2.75, 3.05) is 6.61 Å². The predicted molar refractivity (Wildman–Crippen MR) is 169 cm³/mol. The molecule has 0 rings (SSSR count). The molecule has 0 aliphatic heterocycles. The van der Waals surface area contributed by atoms with Gasteiger partial charge in [-0.05, 0) is 38.5 Å². The molecule has 236 valence electrons. The van der Waals surface area contributed by atoms with Gasteiger partial charge in [0, 0.05) is 12.8 Å². The number of aliphatic hydroxyl groups excluding tert-OH is 2. The van der Waals surface area contributed by atoms with E-state index in [0.717, 1.165) is 51.4 Å². The molecule has 0 aromatic heterocycles. The van der Waals surface area contributed by atoms with E-state index in [2.05, 4.69) is 26.0 Å². The fourth-order valence-corrected chi connectivity index (χ4v) is 5.10. The minimum atomic E-state index is -1.35. The normalized spacial score (nSPS) is 13.1. The van der Waals surface area contributed by atoms with E-state index < -0.39 is 24.8 Å². The van der Waals surface area contributed by atoms with Crippen molar-refractivity contribution >= 4 is 11.8 Å². The Morgan fingerprint density at radius 3 is 1.40 bits per heavy atom. The molecule has 0 bridgehead atoms.